The van der Waals surface area contributed by atoms with Crippen molar-refractivity contribution in [3.05, 3.63) is 102 Å². The van der Waals surface area contributed by atoms with Crippen LogP contribution in [0.4, 0.5) is 5.69 Å². The van der Waals surface area contributed by atoms with E-state index in [1.807, 2.05) is 73.8 Å². The van der Waals surface area contributed by atoms with Gasteiger partial charge in [0.05, 0.1) is 28.0 Å². The second-order valence-electron chi connectivity index (χ2n) is 7.05. The van der Waals surface area contributed by atoms with E-state index in [0.29, 0.717) is 11.3 Å². The molecule has 3 aromatic carbocycles. The van der Waals surface area contributed by atoms with Gasteiger partial charge in [-0.05, 0) is 48.2 Å². The van der Waals surface area contributed by atoms with E-state index in [9.17, 15) is 4.79 Å². The van der Waals surface area contributed by atoms with E-state index in [0.717, 1.165) is 33.1 Å². The Labute approximate surface area is 168 Å². The van der Waals surface area contributed by atoms with Gasteiger partial charge in [-0.15, -0.1) is 0 Å². The van der Waals surface area contributed by atoms with Crippen LogP contribution in [0, 0.1) is 6.92 Å². The van der Waals surface area contributed by atoms with Crippen molar-refractivity contribution in [3.8, 4) is 5.69 Å². The van der Waals surface area contributed by atoms with Gasteiger partial charge in [-0.1, -0.05) is 48.5 Å². The van der Waals surface area contributed by atoms with Crippen LogP contribution in [0.2, 0.25) is 0 Å². The number of para-hydroxylation sites is 2. The zero-order valence-corrected chi connectivity index (χ0v) is 16.0. The molecule has 4 heteroatoms. The van der Waals surface area contributed by atoms with Gasteiger partial charge >= 0.3 is 0 Å². The predicted octanol–water partition coefficient (Wildman–Crippen LogP) is 5.74. The predicted molar refractivity (Wildman–Crippen MR) is 118 cm³/mol. The van der Waals surface area contributed by atoms with E-state index in [4.69, 9.17) is 0 Å². The Morgan fingerprint density at radius 2 is 1.66 bits per heavy atom. The fraction of sp³-hybridized carbons (Fsp3) is 0.0400. The van der Waals surface area contributed by atoms with Crippen LogP contribution in [0.15, 0.2) is 91.3 Å². The Morgan fingerprint density at radius 1 is 0.862 bits per heavy atom. The Bertz CT molecular complexity index is 1360. The van der Waals surface area contributed by atoms with E-state index in [2.05, 4.69) is 33.1 Å². The summed E-state index contributed by atoms with van der Waals surface area (Å²) < 4.78 is 2.07. The zero-order chi connectivity index (χ0) is 19.8. The minimum Gasteiger partial charge on any atom is -0.320 e. The number of carbonyl (C=O) groups excluding carboxylic acids is 1. The SMILES string of the molecule is Cc1cccc(-n2ccc3ccccc32)c1C(=O)Nc1cccc2cccnc12. The second-order valence-corrected chi connectivity index (χ2v) is 7.05. The Hall–Kier alpha value is -3.92. The molecule has 5 rings (SSSR count). The van der Waals surface area contributed by atoms with Crippen LogP contribution in [0.3, 0.4) is 0 Å². The summed E-state index contributed by atoms with van der Waals surface area (Å²) in [6.07, 6.45) is 3.75. The molecule has 0 aliphatic heterocycles. The number of hydrogen-bond donors (Lipinski definition) is 1. The third kappa shape index (κ3) is 2.95. The maximum absolute atomic E-state index is 13.4. The molecule has 2 aromatic heterocycles. The third-order valence-electron chi connectivity index (χ3n) is 5.22. The van der Waals surface area contributed by atoms with Crippen molar-refractivity contribution in [2.24, 2.45) is 0 Å². The van der Waals surface area contributed by atoms with Crippen LogP contribution in [-0.2, 0) is 0 Å². The highest BCUT2D eigenvalue weighted by molar-refractivity contribution is 6.11. The minimum atomic E-state index is -0.144. The molecule has 0 atom stereocenters. The van der Waals surface area contributed by atoms with Crippen molar-refractivity contribution in [3.63, 3.8) is 0 Å². The normalized spacial score (nSPS) is 11.1. The van der Waals surface area contributed by atoms with Crippen molar-refractivity contribution in [2.75, 3.05) is 5.32 Å². The van der Waals surface area contributed by atoms with Crippen molar-refractivity contribution in [2.45, 2.75) is 6.92 Å². The number of hydrogen-bond acceptors (Lipinski definition) is 2. The van der Waals surface area contributed by atoms with Crippen LogP contribution in [-0.4, -0.2) is 15.5 Å². The number of anilines is 1. The molecule has 1 amide bonds. The topological polar surface area (TPSA) is 46.9 Å². The second kappa shape index (κ2) is 6.91. The zero-order valence-electron chi connectivity index (χ0n) is 16.0. The Balaban J connectivity index is 1.62. The summed E-state index contributed by atoms with van der Waals surface area (Å²) in [4.78, 5) is 17.8. The molecule has 140 valence electrons. The van der Waals surface area contributed by atoms with Gasteiger partial charge < -0.3 is 9.88 Å². The van der Waals surface area contributed by atoms with Gasteiger partial charge in [0.2, 0.25) is 0 Å². The van der Waals surface area contributed by atoms with Crippen molar-refractivity contribution < 1.29 is 4.79 Å². The van der Waals surface area contributed by atoms with Gasteiger partial charge in [-0.2, -0.15) is 0 Å². The first-order chi connectivity index (χ1) is 14.2. The molecule has 1 N–H and O–H groups in total. The highest BCUT2D eigenvalue weighted by Gasteiger charge is 2.18. The molecule has 29 heavy (non-hydrogen) atoms. The summed E-state index contributed by atoms with van der Waals surface area (Å²) in [5.74, 6) is -0.144. The molecule has 2 heterocycles. The number of carbonyl (C=O) groups is 1. The highest BCUT2D eigenvalue weighted by atomic mass is 16.1. The number of benzene rings is 3. The lowest BCUT2D eigenvalue weighted by molar-refractivity contribution is 0.102. The van der Waals surface area contributed by atoms with E-state index in [-0.39, 0.29) is 5.91 Å². The number of pyridine rings is 1. The molecular formula is C25H19N3O. The van der Waals surface area contributed by atoms with Crippen LogP contribution in [0.5, 0.6) is 0 Å². The lowest BCUT2D eigenvalue weighted by atomic mass is 10.0. The lowest BCUT2D eigenvalue weighted by Crippen LogP contribution is -2.17. The molecular weight excluding hydrogens is 358 g/mol. The van der Waals surface area contributed by atoms with Gasteiger partial charge in [0, 0.05) is 17.8 Å². The van der Waals surface area contributed by atoms with Gasteiger partial charge in [-0.3, -0.25) is 9.78 Å². The van der Waals surface area contributed by atoms with Crippen molar-refractivity contribution >= 4 is 33.4 Å². The first-order valence-electron chi connectivity index (χ1n) is 9.53. The van der Waals surface area contributed by atoms with Crippen LogP contribution < -0.4 is 5.32 Å². The molecule has 0 fully saturated rings. The number of rotatable bonds is 3. The van der Waals surface area contributed by atoms with E-state index >= 15 is 0 Å². The van der Waals surface area contributed by atoms with Gasteiger partial charge in [0.15, 0.2) is 0 Å². The van der Waals surface area contributed by atoms with E-state index < -0.39 is 0 Å². The smallest absolute Gasteiger partial charge is 0.258 e. The number of aromatic nitrogens is 2. The summed E-state index contributed by atoms with van der Waals surface area (Å²) in [6, 6.07) is 25.8. The number of aryl methyl sites for hydroxylation is 1. The largest absolute Gasteiger partial charge is 0.320 e. The van der Waals surface area contributed by atoms with E-state index in [1.54, 1.807) is 6.20 Å². The highest BCUT2D eigenvalue weighted by Crippen LogP contribution is 2.27. The van der Waals surface area contributed by atoms with Gasteiger partial charge in [-0.25, -0.2) is 0 Å². The quantitative estimate of drug-likeness (QED) is 0.436. The molecule has 0 aliphatic rings. The summed E-state index contributed by atoms with van der Waals surface area (Å²) >= 11 is 0. The average molecular weight is 377 g/mol. The molecule has 0 saturated heterocycles. The summed E-state index contributed by atoms with van der Waals surface area (Å²) in [5.41, 5.74) is 4.99. The number of nitrogens with one attached hydrogen (secondary N) is 1. The van der Waals surface area contributed by atoms with Crippen LogP contribution in [0.25, 0.3) is 27.5 Å². The fourth-order valence-electron chi connectivity index (χ4n) is 3.83. The minimum absolute atomic E-state index is 0.144. The maximum atomic E-state index is 13.4. The monoisotopic (exact) mass is 377 g/mol. The van der Waals surface area contributed by atoms with Gasteiger partial charge in [0.1, 0.15) is 0 Å². The summed E-state index contributed by atoms with van der Waals surface area (Å²) in [6.45, 7) is 1.96. The molecule has 4 nitrogen and oxygen atoms in total. The fourth-order valence-corrected chi connectivity index (χ4v) is 3.83. The first kappa shape index (κ1) is 17.2. The molecule has 0 unspecified atom stereocenters. The number of fused-ring (bicyclic) bond motifs is 2. The molecule has 0 spiro atoms. The number of nitrogens with zero attached hydrogens (tertiary/aromatic N) is 2. The Morgan fingerprint density at radius 3 is 2.59 bits per heavy atom. The molecule has 5 aromatic rings. The number of amides is 1. The van der Waals surface area contributed by atoms with Crippen LogP contribution >= 0.6 is 0 Å². The van der Waals surface area contributed by atoms with Crippen molar-refractivity contribution in [1.82, 2.24) is 9.55 Å². The summed E-state index contributed by atoms with van der Waals surface area (Å²) in [7, 11) is 0. The third-order valence-corrected chi connectivity index (χ3v) is 5.22. The lowest BCUT2D eigenvalue weighted by Gasteiger charge is -2.15. The molecule has 0 radical (unpaired) electrons. The Kier molecular flexibility index (Phi) is 4.10. The molecule has 0 aliphatic carbocycles. The molecule has 0 saturated carbocycles. The standard InChI is InChI=1S/C25H19N3O/c1-17-7-4-13-22(28-16-14-18-8-2-3-12-21(18)28)23(17)25(29)27-20-11-5-9-19-10-6-15-26-24(19)20/h2-16H,1H3,(H,27,29). The van der Waals surface area contributed by atoms with Gasteiger partial charge in [0.25, 0.3) is 5.91 Å². The van der Waals surface area contributed by atoms with Crippen LogP contribution in [0.1, 0.15) is 15.9 Å². The first-order valence-corrected chi connectivity index (χ1v) is 9.53. The van der Waals surface area contributed by atoms with E-state index in [1.165, 1.54) is 0 Å². The van der Waals surface area contributed by atoms with Crippen molar-refractivity contribution in [1.29, 1.82) is 0 Å². The molecule has 0 bridgehead atoms. The summed E-state index contributed by atoms with van der Waals surface area (Å²) in [5, 5.41) is 5.21. The maximum Gasteiger partial charge on any atom is 0.258 e. The average Bonchev–Trinajstić information content (AvgIpc) is 3.18.